The summed E-state index contributed by atoms with van der Waals surface area (Å²) in [4.78, 5) is 29.9. The fraction of sp³-hybridized carbons (Fsp3) is 0.391. The highest BCUT2D eigenvalue weighted by Gasteiger charge is 2.35. The minimum absolute atomic E-state index is 0.0579. The van der Waals surface area contributed by atoms with Crippen molar-refractivity contribution in [1.82, 2.24) is 20.1 Å². The predicted octanol–water partition coefficient (Wildman–Crippen LogP) is 2.69. The molecule has 3 aliphatic rings. The zero-order chi connectivity index (χ0) is 23.1. The number of anilines is 1. The first kappa shape index (κ1) is 21.4. The van der Waals surface area contributed by atoms with Crippen LogP contribution in [-0.2, 0) is 22.5 Å². The zero-order valence-electron chi connectivity index (χ0n) is 17.9. The molecule has 0 fully saturated rings. The van der Waals surface area contributed by atoms with Gasteiger partial charge in [-0.3, -0.25) is 9.59 Å². The lowest BCUT2D eigenvalue weighted by Gasteiger charge is -2.31. The van der Waals surface area contributed by atoms with Crippen LogP contribution in [0.1, 0.15) is 41.5 Å². The molecule has 33 heavy (non-hydrogen) atoms. The monoisotopic (exact) mass is 455 g/mol. The lowest BCUT2D eigenvalue weighted by atomic mass is 9.85. The summed E-state index contributed by atoms with van der Waals surface area (Å²) in [5, 5.41) is 9.42. The van der Waals surface area contributed by atoms with Gasteiger partial charge in [-0.1, -0.05) is 31.2 Å². The highest BCUT2D eigenvalue weighted by atomic mass is 19.1. The van der Waals surface area contributed by atoms with Crippen molar-refractivity contribution in [1.29, 1.82) is 0 Å². The Morgan fingerprint density at radius 3 is 2.91 bits per heavy atom. The smallest absolute Gasteiger partial charge is 0.291 e. The Morgan fingerprint density at radius 2 is 2.09 bits per heavy atom. The Labute approximate surface area is 188 Å². The van der Waals surface area contributed by atoms with E-state index < -0.39 is 29.5 Å². The average molecular weight is 455 g/mol. The van der Waals surface area contributed by atoms with Crippen LogP contribution in [0, 0.1) is 23.5 Å². The summed E-state index contributed by atoms with van der Waals surface area (Å²) in [7, 11) is 0. The van der Waals surface area contributed by atoms with E-state index in [-0.39, 0.29) is 42.3 Å². The summed E-state index contributed by atoms with van der Waals surface area (Å²) >= 11 is 0. The van der Waals surface area contributed by atoms with Gasteiger partial charge in [-0.15, -0.1) is 5.10 Å². The van der Waals surface area contributed by atoms with Gasteiger partial charge < -0.3 is 15.4 Å². The van der Waals surface area contributed by atoms with Crippen LogP contribution in [0.3, 0.4) is 0 Å². The molecule has 2 amide bonds. The zero-order valence-corrected chi connectivity index (χ0v) is 17.9. The van der Waals surface area contributed by atoms with Gasteiger partial charge >= 0.3 is 0 Å². The van der Waals surface area contributed by atoms with Crippen LogP contribution in [0.5, 0.6) is 0 Å². The van der Waals surface area contributed by atoms with E-state index >= 15 is 0 Å². The molecule has 3 heterocycles. The van der Waals surface area contributed by atoms with Crippen molar-refractivity contribution >= 4 is 17.5 Å². The third-order valence-corrected chi connectivity index (χ3v) is 6.28. The topological polar surface area (TPSA) is 98.1 Å². The Bertz CT molecular complexity index is 1180. The summed E-state index contributed by atoms with van der Waals surface area (Å²) < 4.78 is 35.3. The van der Waals surface area contributed by atoms with E-state index in [1.807, 2.05) is 12.2 Å². The summed E-state index contributed by atoms with van der Waals surface area (Å²) in [5.41, 5.74) is 0.286. The Hall–Kier alpha value is -3.40. The summed E-state index contributed by atoms with van der Waals surface area (Å²) in [6.45, 7) is 3.01. The number of ether oxygens (including phenoxy) is 1. The van der Waals surface area contributed by atoms with Crippen LogP contribution < -0.4 is 10.6 Å². The Kier molecular flexibility index (Phi) is 5.53. The number of hydrogen-bond acceptors (Lipinski definition) is 5. The quantitative estimate of drug-likeness (QED) is 0.742. The van der Waals surface area contributed by atoms with E-state index in [1.165, 1.54) is 6.07 Å². The Morgan fingerprint density at radius 1 is 1.27 bits per heavy atom. The molecule has 172 valence electrons. The first-order chi connectivity index (χ1) is 15.9. The minimum Gasteiger partial charge on any atom is -0.368 e. The molecule has 2 unspecified atom stereocenters. The molecule has 2 N–H and O–H groups in total. The molecule has 1 aromatic carbocycles. The highest BCUT2D eigenvalue weighted by Crippen LogP contribution is 2.36. The molecular formula is C23H23F2N5O3. The number of nitrogens with one attached hydrogen (secondary N) is 2. The van der Waals surface area contributed by atoms with Gasteiger partial charge in [0.25, 0.3) is 5.91 Å². The average Bonchev–Trinajstić information content (AvgIpc) is 3.17. The van der Waals surface area contributed by atoms with Crippen LogP contribution in [-0.4, -0.2) is 39.2 Å². The SMILES string of the molecule is CC1C=CC=CC1[C@H]1OCCn2nc(C(=O)N[C@H]3CCc4cc(F)cc(F)c4NC3=O)nc21. The van der Waals surface area contributed by atoms with Crippen molar-refractivity contribution < 1.29 is 23.1 Å². The number of nitrogens with zero attached hydrogens (tertiary/aromatic N) is 3. The third kappa shape index (κ3) is 4.06. The molecule has 2 aromatic rings. The summed E-state index contributed by atoms with van der Waals surface area (Å²) in [6.07, 6.45) is 8.18. The largest absolute Gasteiger partial charge is 0.368 e. The van der Waals surface area contributed by atoms with Crippen molar-refractivity contribution in [2.75, 3.05) is 11.9 Å². The summed E-state index contributed by atoms with van der Waals surface area (Å²) in [6, 6.07) is 0.962. The number of carbonyl (C=O) groups excluding carboxylic acids is 2. The summed E-state index contributed by atoms with van der Waals surface area (Å²) in [5.74, 6) is -1.94. The van der Waals surface area contributed by atoms with Gasteiger partial charge in [-0.2, -0.15) is 0 Å². The number of benzene rings is 1. The number of halogens is 2. The van der Waals surface area contributed by atoms with Crippen LogP contribution in [0.15, 0.2) is 36.4 Å². The predicted molar refractivity (Wildman–Crippen MR) is 114 cm³/mol. The van der Waals surface area contributed by atoms with Gasteiger partial charge in [-0.25, -0.2) is 18.4 Å². The van der Waals surface area contributed by atoms with Gasteiger partial charge in [0, 0.05) is 12.0 Å². The minimum atomic E-state index is -0.939. The number of hydrogen-bond donors (Lipinski definition) is 2. The van der Waals surface area contributed by atoms with E-state index in [0.717, 1.165) is 0 Å². The number of aromatic nitrogens is 3. The maximum atomic E-state index is 14.1. The molecule has 8 nitrogen and oxygen atoms in total. The number of rotatable bonds is 3. The van der Waals surface area contributed by atoms with Gasteiger partial charge in [0.1, 0.15) is 23.8 Å². The molecule has 0 radical (unpaired) electrons. The number of carbonyl (C=O) groups is 2. The molecule has 0 saturated heterocycles. The van der Waals surface area contributed by atoms with Crippen LogP contribution >= 0.6 is 0 Å². The van der Waals surface area contributed by atoms with Crippen molar-refractivity contribution in [3.63, 3.8) is 0 Å². The first-order valence-electron chi connectivity index (χ1n) is 10.9. The molecule has 4 atom stereocenters. The van der Waals surface area contributed by atoms with E-state index in [2.05, 4.69) is 39.8 Å². The second kappa shape index (κ2) is 8.51. The van der Waals surface area contributed by atoms with Gasteiger partial charge in [0.05, 0.1) is 18.8 Å². The number of aryl methyl sites for hydroxylation is 1. The standard InChI is InChI=1S/C23H23F2N5O3/c1-12-4-2-3-5-15(12)19-21-28-20(29-30(21)8-9-33-19)23(32)26-17-7-6-13-10-14(24)11-16(25)18(13)27-22(17)31/h2-5,10-12,15,17,19H,6-9H2,1H3,(H,26,32)(H,27,31)/t12?,15?,17-,19+/m0/s1. The van der Waals surface area contributed by atoms with Crippen molar-refractivity contribution in [2.45, 2.75) is 38.5 Å². The number of amides is 2. The Balaban J connectivity index is 1.33. The number of allylic oxidation sites excluding steroid dienone is 3. The van der Waals surface area contributed by atoms with E-state index in [4.69, 9.17) is 4.74 Å². The molecule has 1 aromatic heterocycles. The van der Waals surface area contributed by atoms with Crippen LogP contribution in [0.4, 0.5) is 14.5 Å². The molecule has 5 rings (SSSR count). The highest BCUT2D eigenvalue weighted by molar-refractivity contribution is 6.00. The van der Waals surface area contributed by atoms with Gasteiger partial charge in [0.15, 0.2) is 5.82 Å². The lowest BCUT2D eigenvalue weighted by molar-refractivity contribution is -0.118. The van der Waals surface area contributed by atoms with E-state index in [9.17, 15) is 18.4 Å². The molecule has 2 aliphatic heterocycles. The molecule has 10 heteroatoms. The molecule has 0 saturated carbocycles. The van der Waals surface area contributed by atoms with E-state index in [0.29, 0.717) is 30.6 Å². The third-order valence-electron chi connectivity index (χ3n) is 6.28. The van der Waals surface area contributed by atoms with Gasteiger partial charge in [0.2, 0.25) is 11.7 Å². The second-order valence-electron chi connectivity index (χ2n) is 8.49. The molecule has 0 spiro atoms. The van der Waals surface area contributed by atoms with Gasteiger partial charge in [-0.05, 0) is 30.4 Å². The molecule has 0 bridgehead atoms. The van der Waals surface area contributed by atoms with Crippen molar-refractivity contribution in [3.8, 4) is 0 Å². The van der Waals surface area contributed by atoms with Crippen LogP contribution in [0.2, 0.25) is 0 Å². The van der Waals surface area contributed by atoms with Crippen LogP contribution in [0.25, 0.3) is 0 Å². The normalized spacial score (nSPS) is 26.2. The van der Waals surface area contributed by atoms with Crippen molar-refractivity contribution in [2.24, 2.45) is 11.8 Å². The lowest BCUT2D eigenvalue weighted by Crippen LogP contribution is -2.43. The maximum Gasteiger partial charge on any atom is 0.291 e. The fourth-order valence-corrected chi connectivity index (χ4v) is 4.53. The molecule has 1 aliphatic carbocycles. The van der Waals surface area contributed by atoms with Crippen molar-refractivity contribution in [3.05, 3.63) is 65.3 Å². The fourth-order valence-electron chi connectivity index (χ4n) is 4.53. The first-order valence-corrected chi connectivity index (χ1v) is 10.9. The van der Waals surface area contributed by atoms with E-state index in [1.54, 1.807) is 4.68 Å². The molecular weight excluding hydrogens is 432 g/mol. The number of fused-ring (bicyclic) bond motifs is 2. The second-order valence-corrected chi connectivity index (χ2v) is 8.49. The maximum absolute atomic E-state index is 14.1.